The molecule has 0 radical (unpaired) electrons. The zero-order valence-electron chi connectivity index (χ0n) is 11.0. The predicted molar refractivity (Wildman–Crippen MR) is 79.3 cm³/mol. The highest BCUT2D eigenvalue weighted by atomic mass is 32.2. The third kappa shape index (κ3) is 2.41. The first-order valence-electron chi connectivity index (χ1n) is 6.76. The summed E-state index contributed by atoms with van der Waals surface area (Å²) < 4.78 is 0. The van der Waals surface area contributed by atoms with Crippen molar-refractivity contribution in [1.82, 2.24) is 5.32 Å². The van der Waals surface area contributed by atoms with E-state index >= 15 is 0 Å². The van der Waals surface area contributed by atoms with Gasteiger partial charge in [0.2, 0.25) is 0 Å². The molecule has 0 fully saturated rings. The maximum atomic E-state index is 4.76. The molecule has 3 rings (SSSR count). The van der Waals surface area contributed by atoms with Crippen molar-refractivity contribution in [3.8, 4) is 0 Å². The summed E-state index contributed by atoms with van der Waals surface area (Å²) in [6.45, 7) is 4.50. The van der Waals surface area contributed by atoms with Gasteiger partial charge < -0.3 is 5.32 Å². The normalized spacial score (nSPS) is 27.8. The van der Waals surface area contributed by atoms with Crippen LogP contribution in [0.2, 0.25) is 0 Å². The van der Waals surface area contributed by atoms with Crippen LogP contribution in [0.4, 0.5) is 0 Å². The second-order valence-electron chi connectivity index (χ2n) is 5.48. The van der Waals surface area contributed by atoms with Gasteiger partial charge in [0, 0.05) is 11.8 Å². The molecule has 2 aliphatic rings. The summed E-state index contributed by atoms with van der Waals surface area (Å²) in [7, 11) is 0. The largest absolute Gasteiger partial charge is 0.362 e. The minimum atomic E-state index is 0.456. The van der Waals surface area contributed by atoms with Gasteiger partial charge in [0.15, 0.2) is 5.17 Å². The molecule has 0 saturated carbocycles. The highest BCUT2D eigenvalue weighted by molar-refractivity contribution is 8.13. The Bertz CT molecular complexity index is 444. The Labute approximate surface area is 113 Å². The maximum Gasteiger partial charge on any atom is 0.157 e. The zero-order valence-corrected chi connectivity index (χ0v) is 11.8. The summed E-state index contributed by atoms with van der Waals surface area (Å²) in [4.78, 5) is 4.76. The van der Waals surface area contributed by atoms with Crippen LogP contribution in [0.3, 0.4) is 0 Å². The van der Waals surface area contributed by atoms with E-state index in [0.29, 0.717) is 18.0 Å². The molecule has 0 amide bonds. The van der Waals surface area contributed by atoms with Crippen molar-refractivity contribution >= 4 is 16.9 Å². The lowest BCUT2D eigenvalue weighted by atomic mass is 10.1. The highest BCUT2D eigenvalue weighted by Gasteiger charge is 2.24. The topological polar surface area (TPSA) is 24.4 Å². The van der Waals surface area contributed by atoms with E-state index < -0.39 is 0 Å². The van der Waals surface area contributed by atoms with Gasteiger partial charge in [-0.05, 0) is 36.8 Å². The summed E-state index contributed by atoms with van der Waals surface area (Å²) in [5.74, 6) is 1.88. The van der Waals surface area contributed by atoms with E-state index in [2.05, 4.69) is 43.4 Å². The molecule has 2 nitrogen and oxygen atoms in total. The molecule has 0 bridgehead atoms. The van der Waals surface area contributed by atoms with E-state index in [1.165, 1.54) is 16.9 Å². The van der Waals surface area contributed by atoms with Gasteiger partial charge in [-0.2, -0.15) is 0 Å². The SMILES string of the molecule is CC1CSC(NC2Cc3ccccc3C2)=NC1C. The van der Waals surface area contributed by atoms with E-state index in [4.69, 9.17) is 4.99 Å². The lowest BCUT2D eigenvalue weighted by Crippen LogP contribution is -2.37. The number of thioether (sulfide) groups is 1. The van der Waals surface area contributed by atoms with Crippen LogP contribution in [-0.4, -0.2) is 23.0 Å². The fraction of sp³-hybridized carbons (Fsp3) is 0.533. The summed E-state index contributed by atoms with van der Waals surface area (Å²) in [5, 5.41) is 4.78. The number of hydrogen-bond donors (Lipinski definition) is 1. The molecule has 1 aromatic rings. The zero-order chi connectivity index (χ0) is 12.5. The van der Waals surface area contributed by atoms with Gasteiger partial charge in [0.25, 0.3) is 0 Å². The molecule has 2 unspecified atom stereocenters. The van der Waals surface area contributed by atoms with E-state index in [1.54, 1.807) is 0 Å². The van der Waals surface area contributed by atoms with E-state index in [9.17, 15) is 0 Å². The van der Waals surface area contributed by atoms with Crippen LogP contribution in [0.15, 0.2) is 29.3 Å². The number of hydrogen-bond acceptors (Lipinski definition) is 3. The number of fused-ring (bicyclic) bond motifs is 1. The number of nitrogens with zero attached hydrogens (tertiary/aromatic N) is 1. The quantitative estimate of drug-likeness (QED) is 0.839. The van der Waals surface area contributed by atoms with Crippen molar-refractivity contribution in [2.75, 3.05) is 5.75 Å². The van der Waals surface area contributed by atoms with Crippen LogP contribution in [0.25, 0.3) is 0 Å². The lowest BCUT2D eigenvalue weighted by Gasteiger charge is -2.25. The number of amidine groups is 1. The summed E-state index contributed by atoms with van der Waals surface area (Å²) in [5.41, 5.74) is 3.00. The Morgan fingerprint density at radius 1 is 1.17 bits per heavy atom. The van der Waals surface area contributed by atoms with Crippen LogP contribution in [0, 0.1) is 5.92 Å². The Kier molecular flexibility index (Phi) is 3.33. The van der Waals surface area contributed by atoms with Gasteiger partial charge in [-0.3, -0.25) is 4.99 Å². The Hall–Kier alpha value is -0.960. The second-order valence-corrected chi connectivity index (χ2v) is 6.49. The average molecular weight is 260 g/mol. The third-order valence-corrected chi connectivity index (χ3v) is 5.20. The van der Waals surface area contributed by atoms with Crippen molar-refractivity contribution in [1.29, 1.82) is 0 Å². The summed E-state index contributed by atoms with van der Waals surface area (Å²) in [6, 6.07) is 9.76. The molecule has 2 atom stereocenters. The monoisotopic (exact) mass is 260 g/mol. The average Bonchev–Trinajstić information content (AvgIpc) is 2.76. The molecule has 1 N–H and O–H groups in total. The molecule has 1 aliphatic heterocycles. The molecule has 1 aliphatic carbocycles. The third-order valence-electron chi connectivity index (χ3n) is 4.01. The fourth-order valence-electron chi connectivity index (χ4n) is 2.61. The molecule has 1 heterocycles. The maximum absolute atomic E-state index is 4.76. The number of rotatable bonds is 1. The molecule has 0 saturated heterocycles. The number of nitrogens with one attached hydrogen (secondary N) is 1. The Balaban J connectivity index is 1.65. The van der Waals surface area contributed by atoms with E-state index in [0.717, 1.165) is 18.0 Å². The molecule has 96 valence electrons. The first-order chi connectivity index (χ1) is 8.72. The number of benzene rings is 1. The molecule has 0 spiro atoms. The van der Waals surface area contributed by atoms with Crippen LogP contribution < -0.4 is 5.32 Å². The van der Waals surface area contributed by atoms with Gasteiger partial charge in [0.05, 0.1) is 6.04 Å². The van der Waals surface area contributed by atoms with Gasteiger partial charge in [-0.1, -0.05) is 43.0 Å². The molecular weight excluding hydrogens is 240 g/mol. The minimum absolute atomic E-state index is 0.456. The smallest absolute Gasteiger partial charge is 0.157 e. The predicted octanol–water partition coefficient (Wildman–Crippen LogP) is 2.87. The first-order valence-corrected chi connectivity index (χ1v) is 7.75. The van der Waals surface area contributed by atoms with Crippen LogP contribution in [0.1, 0.15) is 25.0 Å². The van der Waals surface area contributed by atoms with Crippen molar-refractivity contribution in [2.24, 2.45) is 10.9 Å². The summed E-state index contributed by atoms with van der Waals surface area (Å²) in [6.07, 6.45) is 2.28. The van der Waals surface area contributed by atoms with Crippen LogP contribution >= 0.6 is 11.8 Å². The van der Waals surface area contributed by atoms with Gasteiger partial charge >= 0.3 is 0 Å². The molecule has 1 aromatic carbocycles. The Morgan fingerprint density at radius 3 is 2.44 bits per heavy atom. The van der Waals surface area contributed by atoms with Crippen molar-refractivity contribution < 1.29 is 0 Å². The van der Waals surface area contributed by atoms with Gasteiger partial charge in [0.1, 0.15) is 0 Å². The standard InChI is InChI=1S/C15H20N2S/c1-10-9-18-15(16-11(10)2)17-14-7-12-5-3-4-6-13(12)8-14/h3-6,10-11,14H,7-9H2,1-2H3,(H,16,17). The highest BCUT2D eigenvalue weighted by Crippen LogP contribution is 2.25. The van der Waals surface area contributed by atoms with Crippen LogP contribution in [0.5, 0.6) is 0 Å². The van der Waals surface area contributed by atoms with Crippen molar-refractivity contribution in [3.05, 3.63) is 35.4 Å². The van der Waals surface area contributed by atoms with E-state index in [1.807, 2.05) is 11.8 Å². The molecule has 0 aromatic heterocycles. The van der Waals surface area contributed by atoms with Crippen molar-refractivity contribution in [3.63, 3.8) is 0 Å². The van der Waals surface area contributed by atoms with Crippen LogP contribution in [-0.2, 0) is 12.8 Å². The molecule has 3 heteroatoms. The second kappa shape index (κ2) is 4.96. The Morgan fingerprint density at radius 2 is 1.83 bits per heavy atom. The van der Waals surface area contributed by atoms with Gasteiger partial charge in [-0.25, -0.2) is 0 Å². The lowest BCUT2D eigenvalue weighted by molar-refractivity contribution is 0.530. The molecule has 18 heavy (non-hydrogen) atoms. The minimum Gasteiger partial charge on any atom is -0.362 e. The summed E-state index contributed by atoms with van der Waals surface area (Å²) >= 11 is 1.88. The van der Waals surface area contributed by atoms with E-state index in [-0.39, 0.29) is 0 Å². The number of aliphatic imine (C=N–C) groups is 1. The molecular formula is C15H20N2S. The van der Waals surface area contributed by atoms with Gasteiger partial charge in [-0.15, -0.1) is 0 Å². The van der Waals surface area contributed by atoms with Crippen molar-refractivity contribution in [2.45, 2.75) is 38.8 Å². The fourth-order valence-corrected chi connectivity index (χ4v) is 3.80. The first kappa shape index (κ1) is 12.1.